The number of hydrogen-bond acceptors (Lipinski definition) is 3. The average molecular weight is 303 g/mol. The zero-order valence-corrected chi connectivity index (χ0v) is 12.2. The van der Waals surface area contributed by atoms with Crippen LogP contribution >= 0.6 is 12.4 Å². The van der Waals surface area contributed by atoms with Gasteiger partial charge >= 0.3 is 0 Å². The Balaban J connectivity index is 0.00000361. The van der Waals surface area contributed by atoms with Gasteiger partial charge in [0.25, 0.3) is 0 Å². The number of amides is 1. The lowest BCUT2D eigenvalue weighted by Gasteiger charge is -2.09. The molecule has 1 atom stereocenters. The minimum absolute atomic E-state index is 0. The van der Waals surface area contributed by atoms with E-state index >= 15 is 0 Å². The third kappa shape index (κ3) is 6.63. The van der Waals surface area contributed by atoms with Crippen LogP contribution in [0.1, 0.15) is 30.1 Å². The topological polar surface area (TPSA) is 72.2 Å². The number of nitrogens with two attached hydrogens (primary N) is 1. The van der Waals surface area contributed by atoms with Crippen LogP contribution in [0, 0.1) is 11.7 Å². The molecule has 0 aliphatic carbocycles. The van der Waals surface area contributed by atoms with Gasteiger partial charge in [0.1, 0.15) is 5.82 Å². The first-order chi connectivity index (χ1) is 9.02. The quantitative estimate of drug-likeness (QED) is 0.756. The number of carbonyl (C=O) groups is 2. The molecule has 0 aliphatic heterocycles. The summed E-state index contributed by atoms with van der Waals surface area (Å²) < 4.78 is 12.7. The van der Waals surface area contributed by atoms with Gasteiger partial charge in [-0.2, -0.15) is 0 Å². The maximum absolute atomic E-state index is 12.7. The molecule has 0 fully saturated rings. The largest absolute Gasteiger partial charge is 0.356 e. The molecule has 0 heterocycles. The van der Waals surface area contributed by atoms with Gasteiger partial charge in [-0.15, -0.1) is 12.4 Å². The summed E-state index contributed by atoms with van der Waals surface area (Å²) in [6.45, 7) is 2.96. The summed E-state index contributed by atoms with van der Waals surface area (Å²) in [5.41, 5.74) is 5.85. The van der Waals surface area contributed by atoms with Crippen molar-refractivity contribution >= 4 is 24.1 Å². The fraction of sp³-hybridized carbons (Fsp3) is 0.429. The van der Waals surface area contributed by atoms with Crippen molar-refractivity contribution in [1.29, 1.82) is 0 Å². The summed E-state index contributed by atoms with van der Waals surface area (Å²) in [6.07, 6.45) is 0.252. The summed E-state index contributed by atoms with van der Waals surface area (Å²) in [5.74, 6) is -0.500. The second-order valence-electron chi connectivity index (χ2n) is 4.58. The van der Waals surface area contributed by atoms with Crippen LogP contribution in [0.25, 0.3) is 0 Å². The van der Waals surface area contributed by atoms with E-state index in [0.29, 0.717) is 18.7 Å². The highest BCUT2D eigenvalue weighted by molar-refractivity contribution is 5.97. The molecule has 0 aliphatic rings. The molecule has 1 aromatic rings. The fourth-order valence-electron chi connectivity index (χ4n) is 1.47. The Kier molecular flexibility index (Phi) is 8.76. The maximum Gasteiger partial charge on any atom is 0.220 e. The van der Waals surface area contributed by atoms with E-state index in [9.17, 15) is 14.0 Å². The first-order valence-electron chi connectivity index (χ1n) is 6.28. The van der Waals surface area contributed by atoms with Gasteiger partial charge in [-0.25, -0.2) is 4.39 Å². The van der Waals surface area contributed by atoms with Crippen molar-refractivity contribution in [3.63, 3.8) is 0 Å². The number of benzene rings is 1. The van der Waals surface area contributed by atoms with E-state index in [1.54, 1.807) is 0 Å². The van der Waals surface area contributed by atoms with Gasteiger partial charge < -0.3 is 11.1 Å². The van der Waals surface area contributed by atoms with Crippen molar-refractivity contribution in [3.05, 3.63) is 35.6 Å². The van der Waals surface area contributed by atoms with E-state index < -0.39 is 0 Å². The zero-order valence-electron chi connectivity index (χ0n) is 11.4. The van der Waals surface area contributed by atoms with Crippen molar-refractivity contribution in [3.8, 4) is 0 Å². The molecule has 1 amide bonds. The first-order valence-corrected chi connectivity index (χ1v) is 6.28. The predicted octanol–water partition coefficient (Wildman–Crippen LogP) is 1.92. The number of carbonyl (C=O) groups excluding carboxylic acids is 2. The Morgan fingerprint density at radius 1 is 1.25 bits per heavy atom. The van der Waals surface area contributed by atoms with Crippen molar-refractivity contribution in [1.82, 2.24) is 5.32 Å². The normalized spacial score (nSPS) is 11.3. The van der Waals surface area contributed by atoms with Crippen LogP contribution in [0.3, 0.4) is 0 Å². The Bertz CT molecular complexity index is 437. The molecule has 1 aromatic carbocycles. The Morgan fingerprint density at radius 2 is 1.85 bits per heavy atom. The molecule has 0 radical (unpaired) electrons. The standard InChI is InChI=1S/C14H19FN2O2.ClH/c1-10(8-16)9-17-14(19)7-6-13(18)11-2-4-12(15)5-3-11;/h2-5,10H,6-9,16H2,1H3,(H,17,19);1H. The second kappa shape index (κ2) is 9.44. The van der Waals surface area contributed by atoms with Gasteiger partial charge in [-0.1, -0.05) is 6.92 Å². The molecule has 3 N–H and O–H groups in total. The van der Waals surface area contributed by atoms with Gasteiger partial charge in [-0.3, -0.25) is 9.59 Å². The van der Waals surface area contributed by atoms with Gasteiger partial charge in [0, 0.05) is 24.9 Å². The molecule has 0 bridgehead atoms. The minimum Gasteiger partial charge on any atom is -0.356 e. The molecule has 0 spiro atoms. The van der Waals surface area contributed by atoms with E-state index in [2.05, 4.69) is 5.32 Å². The lowest BCUT2D eigenvalue weighted by molar-refractivity contribution is -0.121. The Labute approximate surface area is 124 Å². The number of rotatable bonds is 7. The highest BCUT2D eigenvalue weighted by Gasteiger charge is 2.10. The van der Waals surface area contributed by atoms with Gasteiger partial charge in [0.2, 0.25) is 5.91 Å². The summed E-state index contributed by atoms with van der Waals surface area (Å²) >= 11 is 0. The number of hydrogen-bond donors (Lipinski definition) is 2. The van der Waals surface area contributed by atoms with Crippen molar-refractivity contribution in [2.75, 3.05) is 13.1 Å². The molecule has 1 unspecified atom stereocenters. The smallest absolute Gasteiger partial charge is 0.220 e. The van der Waals surface area contributed by atoms with Crippen LogP contribution in [-0.2, 0) is 4.79 Å². The molecule has 0 saturated heterocycles. The van der Waals surface area contributed by atoms with Crippen LogP contribution in [0.2, 0.25) is 0 Å². The van der Waals surface area contributed by atoms with Crippen LogP contribution in [0.15, 0.2) is 24.3 Å². The summed E-state index contributed by atoms with van der Waals surface area (Å²) in [5, 5.41) is 2.72. The molecular weight excluding hydrogens is 283 g/mol. The van der Waals surface area contributed by atoms with E-state index in [1.165, 1.54) is 24.3 Å². The zero-order chi connectivity index (χ0) is 14.3. The maximum atomic E-state index is 12.7. The summed E-state index contributed by atoms with van der Waals surface area (Å²) in [7, 11) is 0. The van der Waals surface area contributed by atoms with E-state index in [-0.39, 0.29) is 48.7 Å². The molecule has 112 valence electrons. The van der Waals surface area contributed by atoms with Gasteiger partial charge in [-0.05, 0) is 36.7 Å². The summed E-state index contributed by atoms with van der Waals surface area (Å²) in [4.78, 5) is 23.2. The van der Waals surface area contributed by atoms with E-state index in [1.807, 2.05) is 6.92 Å². The highest BCUT2D eigenvalue weighted by Crippen LogP contribution is 2.07. The third-order valence-electron chi connectivity index (χ3n) is 2.80. The number of ketones is 1. The van der Waals surface area contributed by atoms with Crippen LogP contribution < -0.4 is 11.1 Å². The Hall–Kier alpha value is -1.46. The number of halogens is 2. The number of Topliss-reactive ketones (excluding diaryl/α,β-unsaturated/α-hetero) is 1. The monoisotopic (exact) mass is 302 g/mol. The second-order valence-corrected chi connectivity index (χ2v) is 4.58. The average Bonchev–Trinajstić information content (AvgIpc) is 2.42. The minimum atomic E-state index is -0.384. The Morgan fingerprint density at radius 3 is 2.40 bits per heavy atom. The predicted molar refractivity (Wildman–Crippen MR) is 78.4 cm³/mol. The molecule has 0 aromatic heterocycles. The molecule has 1 rings (SSSR count). The molecular formula is C14H20ClFN2O2. The SMILES string of the molecule is CC(CN)CNC(=O)CCC(=O)c1ccc(F)cc1.Cl. The van der Waals surface area contributed by atoms with E-state index in [0.717, 1.165) is 0 Å². The lowest BCUT2D eigenvalue weighted by Crippen LogP contribution is -2.31. The van der Waals surface area contributed by atoms with Crippen molar-refractivity contribution < 1.29 is 14.0 Å². The third-order valence-corrected chi connectivity index (χ3v) is 2.80. The van der Waals surface area contributed by atoms with Crippen LogP contribution in [0.5, 0.6) is 0 Å². The fourth-order valence-corrected chi connectivity index (χ4v) is 1.47. The van der Waals surface area contributed by atoms with Crippen molar-refractivity contribution in [2.45, 2.75) is 19.8 Å². The summed E-state index contributed by atoms with van der Waals surface area (Å²) in [6, 6.07) is 5.31. The molecule has 4 nitrogen and oxygen atoms in total. The highest BCUT2D eigenvalue weighted by atomic mass is 35.5. The van der Waals surface area contributed by atoms with Gasteiger partial charge in [0.15, 0.2) is 5.78 Å². The van der Waals surface area contributed by atoms with Gasteiger partial charge in [0.05, 0.1) is 0 Å². The van der Waals surface area contributed by atoms with E-state index in [4.69, 9.17) is 5.73 Å². The lowest BCUT2D eigenvalue weighted by atomic mass is 10.1. The molecule has 0 saturated carbocycles. The van der Waals surface area contributed by atoms with Crippen molar-refractivity contribution in [2.24, 2.45) is 11.7 Å². The van der Waals surface area contributed by atoms with Crippen LogP contribution in [0.4, 0.5) is 4.39 Å². The molecule has 6 heteroatoms. The number of nitrogens with one attached hydrogen (secondary N) is 1. The first kappa shape index (κ1) is 18.5. The molecule has 20 heavy (non-hydrogen) atoms. The van der Waals surface area contributed by atoms with Crippen LogP contribution in [-0.4, -0.2) is 24.8 Å².